The van der Waals surface area contributed by atoms with Crippen molar-refractivity contribution in [3.05, 3.63) is 82.6 Å². The first-order valence-corrected chi connectivity index (χ1v) is 10.7. The Morgan fingerprint density at radius 1 is 1.07 bits per heavy atom. The molecule has 3 rings (SSSR count). The average molecular weight is 463 g/mol. The molecule has 0 aliphatic heterocycles. The third kappa shape index (κ3) is 5.31. The molecule has 0 saturated carbocycles. The van der Waals surface area contributed by atoms with E-state index in [1.54, 1.807) is 18.3 Å². The van der Waals surface area contributed by atoms with E-state index in [0.717, 1.165) is 11.3 Å². The van der Waals surface area contributed by atoms with E-state index in [1.165, 1.54) is 19.2 Å². The molecule has 1 N–H and O–H groups in total. The zero-order chi connectivity index (χ0) is 20.0. The molecule has 6 nitrogen and oxygen atoms in total. The van der Waals surface area contributed by atoms with Crippen LogP contribution in [-0.4, -0.2) is 20.5 Å². The molecule has 8 heteroatoms. The number of ether oxygens (including phenoxy) is 2. The number of pyridine rings is 1. The second-order valence-corrected chi connectivity index (χ2v) is 8.50. The van der Waals surface area contributed by atoms with E-state index >= 15 is 0 Å². The smallest absolute Gasteiger partial charge is 0.240 e. The van der Waals surface area contributed by atoms with E-state index in [-0.39, 0.29) is 11.4 Å². The minimum atomic E-state index is -3.66. The molecule has 28 heavy (non-hydrogen) atoms. The van der Waals surface area contributed by atoms with Crippen molar-refractivity contribution in [1.29, 1.82) is 0 Å². The lowest BCUT2D eigenvalue weighted by Crippen LogP contribution is -2.23. The van der Waals surface area contributed by atoms with Crippen molar-refractivity contribution in [3.63, 3.8) is 0 Å². The van der Waals surface area contributed by atoms with Crippen molar-refractivity contribution >= 4 is 26.0 Å². The Kier molecular flexibility index (Phi) is 6.66. The second-order valence-electron chi connectivity index (χ2n) is 5.88. The lowest BCUT2D eigenvalue weighted by molar-refractivity contribution is 0.301. The fourth-order valence-electron chi connectivity index (χ4n) is 2.46. The maximum absolute atomic E-state index is 12.5. The zero-order valence-electron chi connectivity index (χ0n) is 15.1. The van der Waals surface area contributed by atoms with E-state index in [4.69, 9.17) is 9.47 Å². The Hall–Kier alpha value is -2.42. The average Bonchev–Trinajstić information content (AvgIpc) is 2.72. The van der Waals surface area contributed by atoms with Gasteiger partial charge in [-0.1, -0.05) is 18.2 Å². The number of nitrogens with zero attached hydrogens (tertiary/aromatic N) is 1. The molecule has 0 atom stereocenters. The van der Waals surface area contributed by atoms with Crippen LogP contribution in [0.2, 0.25) is 0 Å². The van der Waals surface area contributed by atoms with Gasteiger partial charge in [0.15, 0.2) is 0 Å². The Morgan fingerprint density at radius 2 is 1.93 bits per heavy atom. The first-order valence-electron chi connectivity index (χ1n) is 8.43. The number of halogens is 1. The van der Waals surface area contributed by atoms with Gasteiger partial charge in [-0.2, -0.15) is 0 Å². The van der Waals surface area contributed by atoms with Crippen LogP contribution in [-0.2, 0) is 23.2 Å². The quantitative estimate of drug-likeness (QED) is 0.548. The highest BCUT2D eigenvalue weighted by Crippen LogP contribution is 2.27. The number of methoxy groups -OCH3 is 1. The van der Waals surface area contributed by atoms with Crippen LogP contribution >= 0.6 is 15.9 Å². The molecule has 0 saturated heterocycles. The fraction of sp³-hybridized carbons (Fsp3) is 0.150. The lowest BCUT2D eigenvalue weighted by atomic mass is 10.2. The van der Waals surface area contributed by atoms with Gasteiger partial charge in [-0.05, 0) is 64.0 Å². The van der Waals surface area contributed by atoms with Gasteiger partial charge in [0.25, 0.3) is 0 Å². The van der Waals surface area contributed by atoms with Crippen molar-refractivity contribution in [2.24, 2.45) is 0 Å². The maximum atomic E-state index is 12.5. The Labute approximate surface area is 172 Å². The molecule has 0 unspecified atom stereocenters. The summed E-state index contributed by atoms with van der Waals surface area (Å²) < 4.78 is 39.1. The number of sulfonamides is 1. The van der Waals surface area contributed by atoms with Gasteiger partial charge >= 0.3 is 0 Å². The molecule has 1 aromatic heterocycles. The van der Waals surface area contributed by atoms with E-state index in [2.05, 4.69) is 25.6 Å². The normalized spacial score (nSPS) is 11.2. The number of hydrogen-bond acceptors (Lipinski definition) is 5. The summed E-state index contributed by atoms with van der Waals surface area (Å²) in [6, 6.07) is 17.5. The Morgan fingerprint density at radius 3 is 2.64 bits per heavy atom. The summed E-state index contributed by atoms with van der Waals surface area (Å²) in [5.41, 5.74) is 1.60. The van der Waals surface area contributed by atoms with E-state index in [0.29, 0.717) is 22.6 Å². The highest BCUT2D eigenvalue weighted by Gasteiger charge is 2.15. The minimum absolute atomic E-state index is 0.146. The molecular weight excluding hydrogens is 444 g/mol. The number of nitrogens with one attached hydrogen (secondary N) is 1. The summed E-state index contributed by atoms with van der Waals surface area (Å²) in [5.74, 6) is 1.21. The standard InChI is InChI=1S/C20H19BrN2O4S/c1-26-20-9-8-18(12-19(20)21)28(24,25)23-13-15-5-4-7-17(11-15)27-14-16-6-2-3-10-22-16/h2-12,23H,13-14H2,1H3. The fourth-order valence-corrected chi connectivity index (χ4v) is 4.20. The van der Waals surface area contributed by atoms with Gasteiger partial charge in [-0.15, -0.1) is 0 Å². The van der Waals surface area contributed by atoms with Crippen molar-refractivity contribution in [2.45, 2.75) is 18.0 Å². The van der Waals surface area contributed by atoms with Gasteiger partial charge < -0.3 is 9.47 Å². The highest BCUT2D eigenvalue weighted by molar-refractivity contribution is 9.10. The van der Waals surface area contributed by atoms with Crippen molar-refractivity contribution in [2.75, 3.05) is 7.11 Å². The predicted molar refractivity (Wildman–Crippen MR) is 110 cm³/mol. The number of hydrogen-bond donors (Lipinski definition) is 1. The number of rotatable bonds is 8. The first kappa shape index (κ1) is 20.3. The Bertz CT molecular complexity index is 1040. The third-order valence-corrected chi connectivity index (χ3v) is 5.93. The van der Waals surface area contributed by atoms with Gasteiger partial charge in [0.2, 0.25) is 10.0 Å². The van der Waals surface area contributed by atoms with Gasteiger partial charge in [0, 0.05) is 12.7 Å². The largest absolute Gasteiger partial charge is 0.496 e. The summed E-state index contributed by atoms with van der Waals surface area (Å²) in [6.07, 6.45) is 1.71. The SMILES string of the molecule is COc1ccc(S(=O)(=O)NCc2cccc(OCc3ccccn3)c2)cc1Br. The van der Waals surface area contributed by atoms with Crippen LogP contribution in [0.5, 0.6) is 11.5 Å². The Balaban J connectivity index is 1.64. The van der Waals surface area contributed by atoms with Crippen LogP contribution in [0.3, 0.4) is 0 Å². The first-order chi connectivity index (χ1) is 13.5. The van der Waals surface area contributed by atoms with Gasteiger partial charge in [0.1, 0.15) is 18.1 Å². The zero-order valence-corrected chi connectivity index (χ0v) is 17.5. The molecule has 0 spiro atoms. The topological polar surface area (TPSA) is 77.5 Å². The minimum Gasteiger partial charge on any atom is -0.496 e. The van der Waals surface area contributed by atoms with Crippen LogP contribution in [0.25, 0.3) is 0 Å². The summed E-state index contributed by atoms with van der Waals surface area (Å²) in [6.45, 7) is 0.489. The molecular formula is C20H19BrN2O4S. The monoisotopic (exact) mass is 462 g/mol. The van der Waals surface area contributed by atoms with Gasteiger partial charge in [0.05, 0.1) is 22.2 Å². The molecule has 146 valence electrons. The maximum Gasteiger partial charge on any atom is 0.240 e. The highest BCUT2D eigenvalue weighted by atomic mass is 79.9. The van der Waals surface area contributed by atoms with E-state index in [1.807, 2.05) is 36.4 Å². The molecule has 0 aliphatic rings. The van der Waals surface area contributed by atoms with Crippen LogP contribution in [0.4, 0.5) is 0 Å². The van der Waals surface area contributed by atoms with Crippen molar-refractivity contribution in [3.8, 4) is 11.5 Å². The second kappa shape index (κ2) is 9.18. The van der Waals surface area contributed by atoms with Gasteiger partial charge in [-0.3, -0.25) is 4.98 Å². The van der Waals surface area contributed by atoms with Crippen LogP contribution in [0.15, 0.2) is 76.2 Å². The molecule has 0 bridgehead atoms. The number of benzene rings is 2. The van der Waals surface area contributed by atoms with E-state index < -0.39 is 10.0 Å². The van der Waals surface area contributed by atoms with Crippen LogP contribution in [0, 0.1) is 0 Å². The van der Waals surface area contributed by atoms with E-state index in [9.17, 15) is 8.42 Å². The molecule has 0 fully saturated rings. The van der Waals surface area contributed by atoms with Crippen molar-refractivity contribution < 1.29 is 17.9 Å². The van der Waals surface area contributed by atoms with Gasteiger partial charge in [-0.25, -0.2) is 13.1 Å². The predicted octanol–water partition coefficient (Wildman–Crippen LogP) is 3.91. The van der Waals surface area contributed by atoms with Crippen LogP contribution in [0.1, 0.15) is 11.3 Å². The summed E-state index contributed by atoms with van der Waals surface area (Å²) in [4.78, 5) is 4.36. The molecule has 1 heterocycles. The van der Waals surface area contributed by atoms with Crippen molar-refractivity contribution in [1.82, 2.24) is 9.71 Å². The number of aromatic nitrogens is 1. The summed E-state index contributed by atoms with van der Waals surface area (Å²) >= 11 is 3.30. The lowest BCUT2D eigenvalue weighted by Gasteiger charge is -2.10. The molecule has 0 aliphatic carbocycles. The molecule has 2 aromatic carbocycles. The van der Waals surface area contributed by atoms with Crippen LogP contribution < -0.4 is 14.2 Å². The summed E-state index contributed by atoms with van der Waals surface area (Å²) in [5, 5.41) is 0. The molecule has 0 amide bonds. The molecule has 0 radical (unpaired) electrons. The third-order valence-electron chi connectivity index (χ3n) is 3.91. The summed E-state index contributed by atoms with van der Waals surface area (Å²) in [7, 11) is -2.14. The molecule has 3 aromatic rings.